The molecule has 11 heteroatoms. The highest BCUT2D eigenvalue weighted by Crippen LogP contribution is 2.36. The molecule has 0 aliphatic carbocycles. The van der Waals surface area contributed by atoms with Gasteiger partial charge in [-0.25, -0.2) is 13.6 Å². The molecule has 2 heterocycles. The normalized spacial score (nSPS) is 11.1. The third kappa shape index (κ3) is 5.21. The topological polar surface area (TPSA) is 58.8 Å². The fraction of sp³-hybridized carbons (Fsp3) is 0.0435. The van der Waals surface area contributed by atoms with Gasteiger partial charge in [0.05, 0.1) is 26.8 Å². The van der Waals surface area contributed by atoms with E-state index in [0.717, 1.165) is 6.07 Å². The zero-order valence-electron chi connectivity index (χ0n) is 16.7. The lowest BCUT2D eigenvalue weighted by molar-refractivity contribution is -0.192. The zero-order chi connectivity index (χ0) is 25.2. The Hall–Kier alpha value is -3.43. The van der Waals surface area contributed by atoms with Gasteiger partial charge in [0.15, 0.2) is 5.43 Å². The molecule has 0 amide bonds. The first-order valence-electron chi connectivity index (χ1n) is 9.26. The maximum Gasteiger partial charge on any atom is 0.490 e. The van der Waals surface area contributed by atoms with Gasteiger partial charge in [-0.2, -0.15) is 13.2 Å². The van der Waals surface area contributed by atoms with Gasteiger partial charge in [0.1, 0.15) is 11.6 Å². The Morgan fingerprint density at radius 2 is 1.47 bits per heavy atom. The molecule has 0 fully saturated rings. The number of hydrogen-bond donors (Lipinski definition) is 1. The second-order valence-corrected chi connectivity index (χ2v) is 7.56. The minimum atomic E-state index is -5.08. The van der Waals surface area contributed by atoms with Crippen LogP contribution in [0.25, 0.3) is 27.9 Å². The first-order chi connectivity index (χ1) is 15.9. The highest BCUT2D eigenvalue weighted by molar-refractivity contribution is 6.39. The van der Waals surface area contributed by atoms with Crippen molar-refractivity contribution >= 4 is 34.7 Å². The molecule has 4 rings (SSSR count). The number of carbonyl (C=O) groups is 1. The van der Waals surface area contributed by atoms with Gasteiger partial charge < -0.3 is 9.51 Å². The summed E-state index contributed by atoms with van der Waals surface area (Å²) in [7, 11) is 0. The number of pyridine rings is 2. The van der Waals surface area contributed by atoms with Gasteiger partial charge in [-0.05, 0) is 36.4 Å². The van der Waals surface area contributed by atoms with Crippen LogP contribution in [0.1, 0.15) is 0 Å². The number of alkyl halides is 3. The van der Waals surface area contributed by atoms with Crippen LogP contribution < -0.4 is 5.43 Å². The van der Waals surface area contributed by atoms with Crippen molar-refractivity contribution in [1.29, 1.82) is 0 Å². The lowest BCUT2D eigenvalue weighted by Crippen LogP contribution is -2.21. The summed E-state index contributed by atoms with van der Waals surface area (Å²) >= 11 is 12.6. The quantitative estimate of drug-likeness (QED) is 0.297. The first-order valence-corrected chi connectivity index (χ1v) is 10.0. The summed E-state index contributed by atoms with van der Waals surface area (Å²) < 4.78 is 61.0. The lowest BCUT2D eigenvalue weighted by atomic mass is 10.0. The van der Waals surface area contributed by atoms with E-state index in [4.69, 9.17) is 33.1 Å². The molecule has 0 saturated carbocycles. The summed E-state index contributed by atoms with van der Waals surface area (Å²) in [5.41, 5.74) is 1.66. The van der Waals surface area contributed by atoms with Crippen molar-refractivity contribution in [1.82, 2.24) is 4.40 Å². The molecule has 0 bridgehead atoms. The summed E-state index contributed by atoms with van der Waals surface area (Å²) in [6.07, 6.45) is -3.54. The molecule has 0 unspecified atom stereocenters. The van der Waals surface area contributed by atoms with Crippen molar-refractivity contribution in [3.8, 4) is 22.4 Å². The van der Waals surface area contributed by atoms with Gasteiger partial charge in [0.2, 0.25) is 0 Å². The van der Waals surface area contributed by atoms with Crippen LogP contribution in [0.5, 0.6) is 0 Å². The van der Waals surface area contributed by atoms with Gasteiger partial charge >= 0.3 is 12.1 Å². The number of carboxylic acids is 1. The van der Waals surface area contributed by atoms with E-state index in [0.29, 0.717) is 32.4 Å². The standard InChI is InChI=1S/C21H11Cl2F2NO.C2HF3O2/c22-14-3-1-4-15(23)20(14)21-18-6-2-5-17(26(18)10-9-19(21)27)13-8-7-12(24)11-16(13)25;3-2(4,5)1(6)7/h1-11H;(H,6,7). The van der Waals surface area contributed by atoms with Gasteiger partial charge in [-0.1, -0.05) is 35.3 Å². The summed E-state index contributed by atoms with van der Waals surface area (Å²) in [6, 6.07) is 14.8. The summed E-state index contributed by atoms with van der Waals surface area (Å²) in [6.45, 7) is 0. The van der Waals surface area contributed by atoms with E-state index in [2.05, 4.69) is 0 Å². The number of rotatable bonds is 2. The average molecular weight is 516 g/mol. The monoisotopic (exact) mass is 515 g/mol. The molecule has 0 spiro atoms. The molecule has 1 N–H and O–H groups in total. The van der Waals surface area contributed by atoms with Crippen molar-refractivity contribution in [2.24, 2.45) is 0 Å². The maximum atomic E-state index is 14.3. The number of fused-ring (bicyclic) bond motifs is 1. The highest BCUT2D eigenvalue weighted by atomic mass is 35.5. The van der Waals surface area contributed by atoms with Crippen LogP contribution in [-0.4, -0.2) is 21.7 Å². The van der Waals surface area contributed by atoms with Crippen LogP contribution in [0.2, 0.25) is 10.0 Å². The number of hydrogen-bond acceptors (Lipinski definition) is 2. The van der Waals surface area contributed by atoms with E-state index in [1.54, 1.807) is 47.0 Å². The molecule has 4 aromatic rings. The third-order valence-corrected chi connectivity index (χ3v) is 5.20. The molecular formula is C23H12Cl2F5NO3. The molecule has 34 heavy (non-hydrogen) atoms. The SMILES string of the molecule is O=C(O)C(F)(F)F.O=c1ccn2c(-c3ccc(F)cc3F)cccc2c1-c1c(Cl)cccc1Cl. The molecule has 0 atom stereocenters. The molecule has 0 radical (unpaired) electrons. The van der Waals surface area contributed by atoms with E-state index in [-0.39, 0.29) is 11.0 Å². The molecule has 0 aliphatic rings. The minimum Gasteiger partial charge on any atom is -0.475 e. The van der Waals surface area contributed by atoms with E-state index in [1.165, 1.54) is 18.2 Å². The summed E-state index contributed by atoms with van der Waals surface area (Å²) in [4.78, 5) is 21.5. The first kappa shape index (κ1) is 25.2. The summed E-state index contributed by atoms with van der Waals surface area (Å²) in [5.74, 6) is -4.11. The van der Waals surface area contributed by atoms with Crippen LogP contribution >= 0.6 is 23.2 Å². The van der Waals surface area contributed by atoms with Crippen molar-refractivity contribution < 1.29 is 31.9 Å². The second kappa shape index (κ2) is 9.82. The van der Waals surface area contributed by atoms with Gasteiger partial charge in [0.25, 0.3) is 0 Å². The van der Waals surface area contributed by atoms with E-state index >= 15 is 0 Å². The predicted octanol–water partition coefficient (Wildman–Crippen LogP) is 6.85. The number of nitrogens with zero attached hydrogens (tertiary/aromatic N) is 1. The number of aromatic nitrogens is 1. The Morgan fingerprint density at radius 1 is 0.882 bits per heavy atom. The zero-order valence-corrected chi connectivity index (χ0v) is 18.2. The van der Waals surface area contributed by atoms with Crippen LogP contribution in [-0.2, 0) is 4.79 Å². The molecule has 0 saturated heterocycles. The number of halogens is 7. The molecule has 2 aromatic carbocycles. The smallest absolute Gasteiger partial charge is 0.475 e. The third-order valence-electron chi connectivity index (χ3n) is 4.57. The van der Waals surface area contributed by atoms with Gasteiger partial charge in [-0.15, -0.1) is 0 Å². The van der Waals surface area contributed by atoms with Gasteiger partial charge in [-0.3, -0.25) is 4.79 Å². The summed E-state index contributed by atoms with van der Waals surface area (Å²) in [5, 5.41) is 7.80. The number of aliphatic carboxylic acids is 1. The van der Waals surface area contributed by atoms with Crippen molar-refractivity contribution in [3.05, 3.63) is 98.8 Å². The van der Waals surface area contributed by atoms with Crippen LogP contribution in [0.15, 0.2) is 71.7 Å². The molecule has 4 nitrogen and oxygen atoms in total. The van der Waals surface area contributed by atoms with Crippen LogP contribution in [0, 0.1) is 11.6 Å². The molecular weight excluding hydrogens is 504 g/mol. The van der Waals surface area contributed by atoms with Crippen molar-refractivity contribution in [2.75, 3.05) is 0 Å². The Kier molecular flexibility index (Phi) is 7.28. The van der Waals surface area contributed by atoms with E-state index < -0.39 is 23.8 Å². The molecule has 0 aliphatic heterocycles. The second-order valence-electron chi connectivity index (χ2n) is 6.74. The Bertz CT molecular complexity index is 1430. The maximum absolute atomic E-state index is 14.3. The van der Waals surface area contributed by atoms with E-state index in [9.17, 15) is 26.7 Å². The number of benzene rings is 2. The molecule has 176 valence electrons. The largest absolute Gasteiger partial charge is 0.490 e. The predicted molar refractivity (Wildman–Crippen MR) is 118 cm³/mol. The van der Waals surface area contributed by atoms with Crippen molar-refractivity contribution in [2.45, 2.75) is 6.18 Å². The van der Waals surface area contributed by atoms with Crippen LogP contribution in [0.4, 0.5) is 22.0 Å². The van der Waals surface area contributed by atoms with Crippen molar-refractivity contribution in [3.63, 3.8) is 0 Å². The fourth-order valence-electron chi connectivity index (χ4n) is 3.14. The van der Waals surface area contributed by atoms with Gasteiger partial charge in [0, 0.05) is 29.5 Å². The highest BCUT2D eigenvalue weighted by Gasteiger charge is 2.38. The van der Waals surface area contributed by atoms with Crippen LogP contribution in [0.3, 0.4) is 0 Å². The number of carboxylic acid groups (broad SMARTS) is 1. The Morgan fingerprint density at radius 3 is 2.03 bits per heavy atom. The Balaban J connectivity index is 0.000000406. The molecule has 2 aromatic heterocycles. The van der Waals surface area contributed by atoms with E-state index in [1.807, 2.05) is 0 Å². The fourth-order valence-corrected chi connectivity index (χ4v) is 3.73. The Labute approximate surface area is 198 Å². The lowest BCUT2D eigenvalue weighted by Gasteiger charge is -2.14. The minimum absolute atomic E-state index is 0.210. The average Bonchev–Trinajstić information content (AvgIpc) is 2.74.